The van der Waals surface area contributed by atoms with Crippen LogP contribution in [0.2, 0.25) is 0 Å². The average Bonchev–Trinajstić information content (AvgIpc) is 2.78. The van der Waals surface area contributed by atoms with Crippen LogP contribution in [-0.4, -0.2) is 18.9 Å². The Balaban J connectivity index is 0.000000471. The number of para-hydroxylation sites is 2. The molecule has 1 heterocycles. The molecule has 166 valence electrons. The van der Waals surface area contributed by atoms with Crippen LogP contribution in [0.3, 0.4) is 0 Å². The lowest BCUT2D eigenvalue weighted by molar-refractivity contribution is -0.617. The molecular formula is C25H18FNO5S. The molecule has 0 N–H and O–H groups in total. The molecule has 0 saturated carbocycles. The van der Waals surface area contributed by atoms with Gasteiger partial charge in [0.15, 0.2) is 0 Å². The number of aromatic nitrogens is 1. The number of pyridine rings is 1. The van der Waals surface area contributed by atoms with Crippen LogP contribution in [-0.2, 0) is 17.6 Å². The fourth-order valence-electron chi connectivity index (χ4n) is 3.82. The molecule has 0 amide bonds. The number of nitrogens with zero attached hydrogens (tertiary/aromatic N) is 1. The van der Waals surface area contributed by atoms with E-state index in [1.807, 2.05) is 61.6 Å². The largest absolute Gasteiger partial charge is 0.722 e. The van der Waals surface area contributed by atoms with E-state index in [1.54, 1.807) is 12.1 Å². The topological polar surface area (TPSA) is 87.4 Å². The van der Waals surface area contributed by atoms with E-state index in [9.17, 15) is 8.68 Å². The highest BCUT2D eigenvalue weighted by atomic mass is 32.3. The minimum Gasteiger partial charge on any atom is -0.722 e. The molecule has 0 saturated heterocycles. The number of esters is 1. The number of carbonyl (C=O) groups excluding carboxylic acids is 1. The first-order chi connectivity index (χ1) is 15.7. The second-order valence-electron chi connectivity index (χ2n) is 7.26. The van der Waals surface area contributed by atoms with Crippen LogP contribution in [0.15, 0.2) is 91.0 Å². The Hall–Kier alpha value is -3.88. The second kappa shape index (κ2) is 8.93. The lowest BCUT2D eigenvalue weighted by Crippen LogP contribution is -2.31. The minimum atomic E-state index is -5.42. The van der Waals surface area contributed by atoms with Gasteiger partial charge in [-0.05, 0) is 35.0 Å². The van der Waals surface area contributed by atoms with Gasteiger partial charge in [-0.2, -0.15) is 4.57 Å². The summed E-state index contributed by atoms with van der Waals surface area (Å²) in [5.41, 5.74) is 2.58. The maximum absolute atomic E-state index is 13.3. The van der Waals surface area contributed by atoms with Gasteiger partial charge in [0.1, 0.15) is 12.8 Å². The van der Waals surface area contributed by atoms with E-state index < -0.39 is 10.5 Å². The quantitative estimate of drug-likeness (QED) is 0.0953. The molecule has 1 aromatic heterocycles. The van der Waals surface area contributed by atoms with Crippen LogP contribution in [0.1, 0.15) is 10.4 Å². The van der Waals surface area contributed by atoms with Gasteiger partial charge in [-0.25, -0.2) is 13.2 Å². The molecule has 5 rings (SSSR count). The van der Waals surface area contributed by atoms with Crippen molar-refractivity contribution >= 4 is 49.1 Å². The van der Waals surface area contributed by atoms with Gasteiger partial charge in [-0.1, -0.05) is 54.6 Å². The predicted molar refractivity (Wildman–Crippen MR) is 122 cm³/mol. The van der Waals surface area contributed by atoms with E-state index >= 15 is 0 Å². The predicted octanol–water partition coefficient (Wildman–Crippen LogP) is 4.61. The molecule has 0 radical (unpaired) electrons. The van der Waals surface area contributed by atoms with E-state index in [2.05, 4.69) is 28.8 Å². The van der Waals surface area contributed by atoms with Crippen molar-refractivity contribution in [3.63, 3.8) is 0 Å². The van der Waals surface area contributed by atoms with E-state index in [4.69, 9.17) is 17.7 Å². The number of carbonyl (C=O) groups is 1. The molecule has 0 aliphatic heterocycles. The summed E-state index contributed by atoms with van der Waals surface area (Å²) in [6.45, 7) is 0. The molecule has 0 unspecified atom stereocenters. The molecule has 5 aromatic rings. The number of halogens is 1. The summed E-state index contributed by atoms with van der Waals surface area (Å²) in [7, 11) is -3.38. The van der Waals surface area contributed by atoms with E-state index in [1.165, 1.54) is 0 Å². The van der Waals surface area contributed by atoms with Crippen molar-refractivity contribution in [2.45, 2.75) is 0 Å². The molecule has 33 heavy (non-hydrogen) atoms. The Kier molecular flexibility index (Phi) is 6.04. The summed E-state index contributed by atoms with van der Waals surface area (Å²) >= 11 is 0. The van der Waals surface area contributed by atoms with Gasteiger partial charge < -0.3 is 9.29 Å². The first kappa shape index (κ1) is 22.3. The number of hydrogen-bond acceptors (Lipinski definition) is 5. The SMILES string of the molecule is C[n+]1c2ccccc2c(C(=O)Oc2ccccc2)c2cc3ccccc3cc21.O=S(=O)([O-])F. The van der Waals surface area contributed by atoms with Gasteiger partial charge in [0.25, 0.3) is 10.5 Å². The Labute approximate surface area is 189 Å². The monoisotopic (exact) mass is 463 g/mol. The van der Waals surface area contributed by atoms with Crippen molar-refractivity contribution in [3.8, 4) is 5.75 Å². The summed E-state index contributed by atoms with van der Waals surface area (Å²) in [4.78, 5) is 13.3. The molecule has 0 atom stereocenters. The molecule has 0 aliphatic rings. The molecule has 4 aromatic carbocycles. The lowest BCUT2D eigenvalue weighted by atomic mass is 9.99. The third kappa shape index (κ3) is 4.97. The second-order valence-corrected chi connectivity index (χ2v) is 8.05. The highest BCUT2D eigenvalue weighted by Gasteiger charge is 2.24. The van der Waals surface area contributed by atoms with Crippen LogP contribution in [0.25, 0.3) is 32.6 Å². The normalized spacial score (nSPS) is 11.2. The Morgan fingerprint density at radius 3 is 2.03 bits per heavy atom. The zero-order valence-corrected chi connectivity index (χ0v) is 18.3. The molecule has 6 nitrogen and oxygen atoms in total. The Morgan fingerprint density at radius 1 is 0.818 bits per heavy atom. The molecular weight excluding hydrogens is 445 g/mol. The first-order valence-corrected chi connectivity index (χ1v) is 11.2. The van der Waals surface area contributed by atoms with E-state index in [0.717, 1.165) is 32.6 Å². The minimum absolute atomic E-state index is 0.344. The number of fused-ring (bicyclic) bond motifs is 3. The van der Waals surface area contributed by atoms with Crippen LogP contribution < -0.4 is 9.30 Å². The van der Waals surface area contributed by atoms with Crippen LogP contribution in [0.5, 0.6) is 5.75 Å². The van der Waals surface area contributed by atoms with E-state index in [0.29, 0.717) is 11.3 Å². The summed E-state index contributed by atoms with van der Waals surface area (Å²) in [5.74, 6) is 0.196. The molecule has 0 bridgehead atoms. The van der Waals surface area contributed by atoms with Gasteiger partial charge in [-0.15, -0.1) is 3.89 Å². The Morgan fingerprint density at radius 2 is 1.36 bits per heavy atom. The summed E-state index contributed by atoms with van der Waals surface area (Å²) in [5, 5.41) is 4.01. The molecule has 0 fully saturated rings. The van der Waals surface area contributed by atoms with Crippen molar-refractivity contribution in [1.29, 1.82) is 0 Å². The number of aryl methyl sites for hydroxylation is 1. The maximum atomic E-state index is 13.3. The molecule has 0 aliphatic carbocycles. The van der Waals surface area contributed by atoms with Crippen molar-refractivity contribution in [3.05, 3.63) is 96.6 Å². The number of benzene rings is 4. The lowest BCUT2D eigenvalue weighted by Gasteiger charge is -2.11. The highest BCUT2D eigenvalue weighted by molar-refractivity contribution is 7.80. The maximum Gasteiger partial charge on any atom is 0.345 e. The van der Waals surface area contributed by atoms with Crippen LogP contribution in [0.4, 0.5) is 3.89 Å². The van der Waals surface area contributed by atoms with E-state index in [-0.39, 0.29) is 5.97 Å². The van der Waals surface area contributed by atoms with Crippen LogP contribution in [0, 0.1) is 0 Å². The Bertz CT molecular complexity index is 1590. The van der Waals surface area contributed by atoms with Crippen LogP contribution >= 0.6 is 0 Å². The third-order valence-corrected chi connectivity index (χ3v) is 5.19. The smallest absolute Gasteiger partial charge is 0.345 e. The van der Waals surface area contributed by atoms with Crippen molar-refractivity contribution in [2.24, 2.45) is 7.05 Å². The molecule has 0 spiro atoms. The summed E-state index contributed by atoms with van der Waals surface area (Å²) in [6, 6.07) is 29.6. The highest BCUT2D eigenvalue weighted by Crippen LogP contribution is 2.29. The van der Waals surface area contributed by atoms with Gasteiger partial charge in [0.2, 0.25) is 11.0 Å². The van der Waals surface area contributed by atoms with Gasteiger partial charge in [-0.3, -0.25) is 0 Å². The fraction of sp³-hybridized carbons (Fsp3) is 0.0400. The summed E-state index contributed by atoms with van der Waals surface area (Å²) in [6.07, 6.45) is 0. The zero-order chi connectivity index (χ0) is 23.6. The summed E-state index contributed by atoms with van der Waals surface area (Å²) < 4.78 is 43.2. The third-order valence-electron chi connectivity index (χ3n) is 5.19. The van der Waals surface area contributed by atoms with Crippen molar-refractivity contribution < 1.29 is 31.0 Å². The molecule has 8 heteroatoms. The number of rotatable bonds is 2. The fourth-order valence-corrected chi connectivity index (χ4v) is 3.82. The first-order valence-electron chi connectivity index (χ1n) is 9.88. The standard InChI is InChI=1S/C25H18NO2.FHO3S/c1-26-22-14-8-7-13-20(22)24(25(27)28-19-11-3-2-4-12-19)21-15-17-9-5-6-10-18(17)16-23(21)26;1-5(2,3)4/h2-16H,1H3;(H,2,3,4)/q+1;/p-1. The zero-order valence-electron chi connectivity index (χ0n) is 17.4. The van der Waals surface area contributed by atoms with Crippen molar-refractivity contribution in [2.75, 3.05) is 0 Å². The number of hydrogen-bond donors (Lipinski definition) is 0. The van der Waals surface area contributed by atoms with Crippen molar-refractivity contribution in [1.82, 2.24) is 0 Å². The number of ether oxygens (including phenoxy) is 1. The van der Waals surface area contributed by atoms with Gasteiger partial charge in [0, 0.05) is 12.1 Å². The van der Waals surface area contributed by atoms with Gasteiger partial charge in [0.05, 0.1) is 16.3 Å². The average molecular weight is 463 g/mol. The van der Waals surface area contributed by atoms with Gasteiger partial charge >= 0.3 is 5.97 Å².